The standard InChI is InChI=1S/C12H12Cl2N2O3/c13-8-1-2-9(10(14)7-8)11(17)19-6-5-16-4-3-15-12(16)18/h1-2,7H,3-6H2,(H,15,18). The van der Waals surface area contributed by atoms with Crippen molar-refractivity contribution in [2.45, 2.75) is 0 Å². The predicted octanol–water partition coefficient (Wildman–Crippen LogP) is 2.18. The third kappa shape index (κ3) is 3.52. The molecule has 0 radical (unpaired) electrons. The Balaban J connectivity index is 1.85. The molecule has 1 heterocycles. The average Bonchev–Trinajstić information content (AvgIpc) is 2.75. The molecule has 7 heteroatoms. The summed E-state index contributed by atoms with van der Waals surface area (Å²) in [5, 5.41) is 3.37. The van der Waals surface area contributed by atoms with Gasteiger partial charge in [-0.3, -0.25) is 0 Å². The quantitative estimate of drug-likeness (QED) is 0.867. The van der Waals surface area contributed by atoms with Gasteiger partial charge in [-0.1, -0.05) is 23.2 Å². The van der Waals surface area contributed by atoms with E-state index in [0.717, 1.165) is 0 Å². The maximum absolute atomic E-state index is 11.8. The molecule has 1 fully saturated rings. The molecule has 1 aliphatic rings. The van der Waals surface area contributed by atoms with Gasteiger partial charge in [-0.15, -0.1) is 0 Å². The summed E-state index contributed by atoms with van der Waals surface area (Å²) in [7, 11) is 0. The third-order valence-corrected chi connectivity index (χ3v) is 3.24. The zero-order valence-corrected chi connectivity index (χ0v) is 11.5. The molecular weight excluding hydrogens is 291 g/mol. The molecule has 2 amide bonds. The highest BCUT2D eigenvalue weighted by Gasteiger charge is 2.19. The molecule has 0 bridgehead atoms. The number of urea groups is 1. The summed E-state index contributed by atoms with van der Waals surface area (Å²) in [6, 6.07) is 4.42. The van der Waals surface area contributed by atoms with Gasteiger partial charge in [0.2, 0.25) is 0 Å². The van der Waals surface area contributed by atoms with Gasteiger partial charge in [-0.05, 0) is 18.2 Å². The summed E-state index contributed by atoms with van der Waals surface area (Å²) in [5.74, 6) is -0.527. The highest BCUT2D eigenvalue weighted by molar-refractivity contribution is 6.36. The second-order valence-corrected chi connectivity index (χ2v) is 4.82. The first kappa shape index (κ1) is 14.0. The lowest BCUT2D eigenvalue weighted by Crippen LogP contribution is -2.31. The number of halogens is 2. The summed E-state index contributed by atoms with van der Waals surface area (Å²) in [6.45, 7) is 1.74. The number of nitrogens with zero attached hydrogens (tertiary/aromatic N) is 1. The number of esters is 1. The van der Waals surface area contributed by atoms with Crippen LogP contribution in [0.4, 0.5) is 4.79 Å². The summed E-state index contributed by atoms with van der Waals surface area (Å²) in [6.07, 6.45) is 0. The van der Waals surface area contributed by atoms with Crippen LogP contribution in [-0.4, -0.2) is 43.1 Å². The first-order valence-corrected chi connectivity index (χ1v) is 6.48. The first-order valence-electron chi connectivity index (χ1n) is 5.73. The van der Waals surface area contributed by atoms with E-state index in [1.807, 2.05) is 0 Å². The number of amides is 2. The van der Waals surface area contributed by atoms with E-state index in [1.54, 1.807) is 11.0 Å². The fourth-order valence-electron chi connectivity index (χ4n) is 1.71. The number of hydrogen-bond donors (Lipinski definition) is 1. The SMILES string of the molecule is O=C(OCCN1CCNC1=O)c1ccc(Cl)cc1Cl. The van der Waals surface area contributed by atoms with Crippen molar-refractivity contribution in [1.82, 2.24) is 10.2 Å². The van der Waals surface area contributed by atoms with Crippen LogP contribution in [0.3, 0.4) is 0 Å². The van der Waals surface area contributed by atoms with Crippen molar-refractivity contribution in [3.63, 3.8) is 0 Å². The highest BCUT2D eigenvalue weighted by atomic mass is 35.5. The van der Waals surface area contributed by atoms with E-state index in [1.165, 1.54) is 12.1 Å². The van der Waals surface area contributed by atoms with E-state index in [-0.39, 0.29) is 23.2 Å². The zero-order valence-electron chi connectivity index (χ0n) is 9.99. The average molecular weight is 303 g/mol. The highest BCUT2D eigenvalue weighted by Crippen LogP contribution is 2.21. The van der Waals surface area contributed by atoms with Crippen LogP contribution >= 0.6 is 23.2 Å². The third-order valence-electron chi connectivity index (χ3n) is 2.69. The number of carbonyl (C=O) groups excluding carboxylic acids is 2. The van der Waals surface area contributed by atoms with Crippen molar-refractivity contribution < 1.29 is 14.3 Å². The van der Waals surface area contributed by atoms with Crippen LogP contribution in [0, 0.1) is 0 Å². The van der Waals surface area contributed by atoms with Gasteiger partial charge in [0.1, 0.15) is 6.61 Å². The molecule has 19 heavy (non-hydrogen) atoms. The Hall–Kier alpha value is -1.46. The van der Waals surface area contributed by atoms with E-state index in [4.69, 9.17) is 27.9 Å². The molecular formula is C12H12Cl2N2O3. The van der Waals surface area contributed by atoms with Gasteiger partial charge in [-0.2, -0.15) is 0 Å². The Kier molecular flexibility index (Phi) is 4.50. The maximum Gasteiger partial charge on any atom is 0.339 e. The molecule has 1 aromatic carbocycles. The molecule has 0 spiro atoms. The monoisotopic (exact) mass is 302 g/mol. The maximum atomic E-state index is 11.8. The summed E-state index contributed by atoms with van der Waals surface area (Å²) < 4.78 is 5.07. The minimum atomic E-state index is -0.527. The summed E-state index contributed by atoms with van der Waals surface area (Å²) in [5.41, 5.74) is 0.261. The van der Waals surface area contributed by atoms with Crippen LogP contribution in [-0.2, 0) is 4.74 Å². The van der Waals surface area contributed by atoms with Crippen LogP contribution in [0.15, 0.2) is 18.2 Å². The molecule has 2 rings (SSSR count). The van der Waals surface area contributed by atoms with Crippen molar-refractivity contribution in [3.8, 4) is 0 Å². The van der Waals surface area contributed by atoms with Crippen molar-refractivity contribution in [3.05, 3.63) is 33.8 Å². The topological polar surface area (TPSA) is 58.6 Å². The fourth-order valence-corrected chi connectivity index (χ4v) is 2.19. The lowest BCUT2D eigenvalue weighted by molar-refractivity contribution is 0.0481. The first-order chi connectivity index (χ1) is 9.08. The van der Waals surface area contributed by atoms with Crippen LogP contribution in [0.1, 0.15) is 10.4 Å². The minimum Gasteiger partial charge on any atom is -0.460 e. The molecule has 5 nitrogen and oxygen atoms in total. The minimum absolute atomic E-state index is 0.130. The number of carbonyl (C=O) groups is 2. The number of hydrogen-bond acceptors (Lipinski definition) is 3. The molecule has 0 unspecified atom stereocenters. The van der Waals surface area contributed by atoms with Gasteiger partial charge in [-0.25, -0.2) is 9.59 Å². The molecule has 0 saturated carbocycles. The molecule has 102 valence electrons. The van der Waals surface area contributed by atoms with Gasteiger partial charge in [0, 0.05) is 18.1 Å². The number of nitrogens with one attached hydrogen (secondary N) is 1. The van der Waals surface area contributed by atoms with E-state index in [2.05, 4.69) is 5.32 Å². The van der Waals surface area contributed by atoms with Gasteiger partial charge < -0.3 is 15.0 Å². The van der Waals surface area contributed by atoms with Gasteiger partial charge in [0.25, 0.3) is 0 Å². The zero-order chi connectivity index (χ0) is 13.8. The Bertz CT molecular complexity index is 508. The molecule has 0 aromatic heterocycles. The normalized spacial score (nSPS) is 14.4. The van der Waals surface area contributed by atoms with Gasteiger partial charge >= 0.3 is 12.0 Å². The van der Waals surface area contributed by atoms with Crippen LogP contribution in [0.2, 0.25) is 10.0 Å². The molecule has 0 aliphatic carbocycles. The van der Waals surface area contributed by atoms with Crippen molar-refractivity contribution in [2.75, 3.05) is 26.2 Å². The predicted molar refractivity (Wildman–Crippen MR) is 71.7 cm³/mol. The lowest BCUT2D eigenvalue weighted by Gasteiger charge is -2.14. The molecule has 1 N–H and O–H groups in total. The summed E-state index contributed by atoms with van der Waals surface area (Å²) >= 11 is 11.6. The largest absolute Gasteiger partial charge is 0.460 e. The van der Waals surface area contributed by atoms with E-state index in [0.29, 0.717) is 24.7 Å². The number of benzene rings is 1. The second-order valence-electron chi connectivity index (χ2n) is 3.98. The molecule has 1 aliphatic heterocycles. The molecule has 1 aromatic rings. The smallest absolute Gasteiger partial charge is 0.339 e. The second kappa shape index (κ2) is 6.12. The van der Waals surface area contributed by atoms with E-state index < -0.39 is 5.97 Å². The Morgan fingerprint density at radius 1 is 1.42 bits per heavy atom. The Labute approximate surface area is 120 Å². The number of rotatable bonds is 4. The lowest BCUT2D eigenvalue weighted by atomic mass is 10.2. The van der Waals surface area contributed by atoms with Crippen molar-refractivity contribution in [2.24, 2.45) is 0 Å². The van der Waals surface area contributed by atoms with Crippen LogP contribution in [0.5, 0.6) is 0 Å². The van der Waals surface area contributed by atoms with Gasteiger partial charge in [0.15, 0.2) is 0 Å². The fraction of sp³-hybridized carbons (Fsp3) is 0.333. The molecule has 0 atom stereocenters. The van der Waals surface area contributed by atoms with Gasteiger partial charge in [0.05, 0.1) is 17.1 Å². The Morgan fingerprint density at radius 2 is 2.21 bits per heavy atom. The van der Waals surface area contributed by atoms with Crippen LogP contribution in [0.25, 0.3) is 0 Å². The van der Waals surface area contributed by atoms with E-state index >= 15 is 0 Å². The number of ether oxygens (including phenoxy) is 1. The van der Waals surface area contributed by atoms with Crippen molar-refractivity contribution >= 4 is 35.2 Å². The van der Waals surface area contributed by atoms with Crippen LogP contribution < -0.4 is 5.32 Å². The van der Waals surface area contributed by atoms with Crippen molar-refractivity contribution in [1.29, 1.82) is 0 Å². The molecule has 1 saturated heterocycles. The Morgan fingerprint density at radius 3 is 2.84 bits per heavy atom. The van der Waals surface area contributed by atoms with E-state index in [9.17, 15) is 9.59 Å². The summed E-state index contributed by atoms with van der Waals surface area (Å²) in [4.78, 5) is 24.6.